The molecule has 170 valence electrons. The molecule has 1 N–H and O–H groups in total. The van der Waals surface area contributed by atoms with Crippen molar-refractivity contribution in [2.45, 2.75) is 25.0 Å². The average molecular weight is 459 g/mol. The molecule has 0 aromatic heterocycles. The van der Waals surface area contributed by atoms with Gasteiger partial charge in [0.1, 0.15) is 18.1 Å². The van der Waals surface area contributed by atoms with Crippen molar-refractivity contribution in [3.05, 3.63) is 71.8 Å². The van der Waals surface area contributed by atoms with Crippen LogP contribution in [0.1, 0.15) is 6.42 Å². The van der Waals surface area contributed by atoms with Crippen LogP contribution in [0.15, 0.2) is 54.3 Å². The van der Waals surface area contributed by atoms with Crippen LogP contribution < -0.4 is 10.1 Å². The summed E-state index contributed by atoms with van der Waals surface area (Å²) in [6.45, 7) is 0.0453. The Morgan fingerprint density at radius 3 is 2.50 bits per heavy atom. The average Bonchev–Trinajstić information content (AvgIpc) is 2.76. The van der Waals surface area contributed by atoms with Crippen LogP contribution in [0.2, 0.25) is 0 Å². The first kappa shape index (κ1) is 22.0. The fraction of sp³-hybridized carbons (Fsp3) is 0.273. The molecule has 1 unspecified atom stereocenters. The van der Waals surface area contributed by atoms with Crippen molar-refractivity contribution in [2.75, 3.05) is 11.9 Å². The lowest BCUT2D eigenvalue weighted by Gasteiger charge is -2.34. The number of para-hydroxylation sites is 1. The lowest BCUT2D eigenvalue weighted by molar-refractivity contribution is -0.280. The third-order valence-corrected chi connectivity index (χ3v) is 5.15. The smallest absolute Gasteiger partial charge is 0.461 e. The second-order valence-electron chi connectivity index (χ2n) is 7.33. The highest BCUT2D eigenvalue weighted by Gasteiger charge is 2.44. The minimum Gasteiger partial charge on any atom is -0.489 e. The third-order valence-electron chi connectivity index (χ3n) is 5.15. The summed E-state index contributed by atoms with van der Waals surface area (Å²) in [7, 11) is 0. The largest absolute Gasteiger partial charge is 0.489 e. The summed E-state index contributed by atoms with van der Waals surface area (Å²) in [6.07, 6.45) is -4.14. The van der Waals surface area contributed by atoms with Crippen molar-refractivity contribution in [1.82, 2.24) is 0 Å². The van der Waals surface area contributed by atoms with Crippen molar-refractivity contribution in [3.8, 4) is 16.9 Å². The molecule has 1 aliphatic heterocycles. The highest BCUT2D eigenvalue weighted by atomic mass is 19.3. The van der Waals surface area contributed by atoms with Gasteiger partial charge in [0.15, 0.2) is 17.5 Å². The van der Waals surface area contributed by atoms with Crippen LogP contribution >= 0.6 is 0 Å². The van der Waals surface area contributed by atoms with Crippen LogP contribution in [-0.2, 0) is 4.74 Å². The molecule has 0 radical (unpaired) electrons. The number of ether oxygens (including phenoxy) is 2. The number of allylic oxidation sites excluding steroid dienone is 2. The van der Waals surface area contributed by atoms with E-state index < -0.39 is 41.9 Å². The number of anilines is 1. The molecular formula is C22H16F7NO2. The molecule has 1 heterocycles. The quantitative estimate of drug-likeness (QED) is 0.422. The number of benzene rings is 2. The van der Waals surface area contributed by atoms with Gasteiger partial charge in [-0.15, -0.1) is 0 Å². The Hall–Kier alpha value is -3.17. The summed E-state index contributed by atoms with van der Waals surface area (Å²) in [4.78, 5) is 0. The van der Waals surface area contributed by atoms with Gasteiger partial charge in [-0.3, -0.25) is 0 Å². The third kappa shape index (κ3) is 4.26. The van der Waals surface area contributed by atoms with Gasteiger partial charge in [0, 0.05) is 11.5 Å². The number of hydrogen-bond donors (Lipinski definition) is 1. The Morgan fingerprint density at radius 1 is 1.09 bits per heavy atom. The Labute approximate surface area is 178 Å². The van der Waals surface area contributed by atoms with Gasteiger partial charge in [0.2, 0.25) is 0 Å². The van der Waals surface area contributed by atoms with E-state index in [1.165, 1.54) is 18.2 Å². The molecule has 0 amide bonds. The first-order valence-corrected chi connectivity index (χ1v) is 9.56. The van der Waals surface area contributed by atoms with Crippen molar-refractivity contribution < 1.29 is 40.2 Å². The summed E-state index contributed by atoms with van der Waals surface area (Å²) in [5, 5.41) is 3.17. The van der Waals surface area contributed by atoms with Crippen molar-refractivity contribution in [2.24, 2.45) is 5.92 Å². The minimum absolute atomic E-state index is 0.0453. The SMILES string of the molecule is Fc1cc(-c2cccc3c2OC[C@H](C2C=C(OC(F)(F)C(F)F)C=CC2)N3)cc(F)c1F. The van der Waals surface area contributed by atoms with Crippen molar-refractivity contribution in [3.63, 3.8) is 0 Å². The topological polar surface area (TPSA) is 30.5 Å². The summed E-state index contributed by atoms with van der Waals surface area (Å²) in [5.41, 5.74) is 0.863. The van der Waals surface area contributed by atoms with E-state index in [4.69, 9.17) is 4.74 Å². The number of nitrogens with one attached hydrogen (secondary N) is 1. The highest BCUT2D eigenvalue weighted by molar-refractivity contribution is 5.79. The zero-order valence-electron chi connectivity index (χ0n) is 16.2. The number of fused-ring (bicyclic) bond motifs is 1. The maximum atomic E-state index is 13.7. The second kappa shape index (κ2) is 8.40. The summed E-state index contributed by atoms with van der Waals surface area (Å²) in [5.74, 6) is -4.78. The first-order chi connectivity index (χ1) is 15.2. The summed E-state index contributed by atoms with van der Waals surface area (Å²) in [6, 6.07) is 6.07. The Morgan fingerprint density at radius 2 is 1.81 bits per heavy atom. The van der Waals surface area contributed by atoms with E-state index in [9.17, 15) is 30.7 Å². The lowest BCUT2D eigenvalue weighted by Crippen LogP contribution is -2.38. The van der Waals surface area contributed by atoms with Gasteiger partial charge >= 0.3 is 12.5 Å². The van der Waals surface area contributed by atoms with Gasteiger partial charge < -0.3 is 14.8 Å². The predicted molar refractivity (Wildman–Crippen MR) is 102 cm³/mol. The maximum Gasteiger partial charge on any atom is 0.461 e. The maximum absolute atomic E-state index is 13.7. The predicted octanol–water partition coefficient (Wildman–Crippen LogP) is 6.28. The van der Waals surface area contributed by atoms with E-state index >= 15 is 0 Å². The van der Waals surface area contributed by atoms with Crippen molar-refractivity contribution in [1.29, 1.82) is 0 Å². The van der Waals surface area contributed by atoms with Crippen molar-refractivity contribution >= 4 is 5.69 Å². The normalized spacial score (nSPS) is 20.3. The van der Waals surface area contributed by atoms with Crippen LogP contribution in [0.3, 0.4) is 0 Å². The highest BCUT2D eigenvalue weighted by Crippen LogP contribution is 2.41. The molecule has 10 heteroatoms. The van der Waals surface area contributed by atoms with E-state index in [1.807, 2.05) is 0 Å². The molecule has 0 fully saturated rings. The van der Waals surface area contributed by atoms with E-state index in [0.717, 1.165) is 12.1 Å². The summed E-state index contributed by atoms with van der Waals surface area (Å²) >= 11 is 0. The van der Waals surface area contributed by atoms with Crippen LogP contribution in [0, 0.1) is 23.4 Å². The molecule has 0 saturated carbocycles. The van der Waals surface area contributed by atoms with Gasteiger partial charge in [-0.1, -0.05) is 18.2 Å². The molecule has 0 spiro atoms. The van der Waals surface area contributed by atoms with E-state index in [2.05, 4.69) is 10.1 Å². The second-order valence-corrected chi connectivity index (χ2v) is 7.33. The summed E-state index contributed by atoms with van der Waals surface area (Å²) < 4.78 is 102. The minimum atomic E-state index is -4.62. The van der Waals surface area contributed by atoms with E-state index in [0.29, 0.717) is 17.7 Å². The van der Waals surface area contributed by atoms with Crippen LogP contribution in [0.25, 0.3) is 11.1 Å². The molecule has 0 saturated heterocycles. The standard InChI is InChI=1S/C22H16F7NO2/c23-15-8-12(9-16(24)19(15)25)14-5-2-6-17-20(14)31-10-18(30-17)11-3-1-4-13(7-11)32-22(28,29)21(26)27/h1-2,4-9,11,18,21,30H,3,10H2/t11?,18-/m1/s1. The van der Waals surface area contributed by atoms with Gasteiger partial charge in [0.05, 0.1) is 11.7 Å². The fourth-order valence-corrected chi connectivity index (χ4v) is 3.62. The fourth-order valence-electron chi connectivity index (χ4n) is 3.62. The van der Waals surface area contributed by atoms with Gasteiger partial charge in [-0.25, -0.2) is 13.2 Å². The van der Waals surface area contributed by atoms with E-state index in [1.54, 1.807) is 18.2 Å². The Bertz CT molecular complexity index is 1060. The molecule has 2 aromatic rings. The molecule has 2 atom stereocenters. The lowest BCUT2D eigenvalue weighted by atomic mass is 9.91. The molecular weight excluding hydrogens is 443 g/mol. The molecule has 2 aliphatic rings. The zero-order chi connectivity index (χ0) is 23.0. The zero-order valence-corrected chi connectivity index (χ0v) is 16.2. The molecule has 32 heavy (non-hydrogen) atoms. The van der Waals surface area contributed by atoms with Crippen LogP contribution in [0.5, 0.6) is 5.75 Å². The molecule has 3 nitrogen and oxygen atoms in total. The number of halogens is 7. The van der Waals surface area contributed by atoms with Crippen LogP contribution in [-0.4, -0.2) is 25.2 Å². The first-order valence-electron chi connectivity index (χ1n) is 9.56. The van der Waals surface area contributed by atoms with Gasteiger partial charge in [-0.2, -0.15) is 17.6 Å². The molecule has 4 rings (SSSR count). The number of rotatable bonds is 5. The van der Waals surface area contributed by atoms with Crippen LogP contribution in [0.4, 0.5) is 36.4 Å². The molecule has 2 aromatic carbocycles. The van der Waals surface area contributed by atoms with Gasteiger partial charge in [-0.05, 0) is 42.3 Å². The van der Waals surface area contributed by atoms with Gasteiger partial charge in [0.25, 0.3) is 0 Å². The number of alkyl halides is 4. The molecule has 1 aliphatic carbocycles. The Kier molecular flexibility index (Phi) is 5.79. The Balaban J connectivity index is 1.56. The van der Waals surface area contributed by atoms with E-state index in [-0.39, 0.29) is 23.7 Å². The number of hydrogen-bond acceptors (Lipinski definition) is 3. The monoisotopic (exact) mass is 459 g/mol. The molecule has 0 bridgehead atoms.